The minimum absolute atomic E-state index is 0.00625. The van der Waals surface area contributed by atoms with Gasteiger partial charge in [0, 0.05) is 11.1 Å². The summed E-state index contributed by atoms with van der Waals surface area (Å²) in [5, 5.41) is 0.440. The molecule has 11 heteroatoms. The third kappa shape index (κ3) is 5.08. The van der Waals surface area contributed by atoms with E-state index in [1.807, 2.05) is 0 Å². The van der Waals surface area contributed by atoms with E-state index < -0.39 is 25.0 Å². The Kier molecular flexibility index (Phi) is 5.45. The Morgan fingerprint density at radius 1 is 1.08 bits per heavy atom. The smallest absolute Gasteiger partial charge is 0.294 e. The number of sulfonamides is 1. The van der Waals surface area contributed by atoms with E-state index in [0.29, 0.717) is 9.50 Å². The number of anilines is 1. The maximum Gasteiger partial charge on any atom is 0.294 e. The minimum atomic E-state index is -4.48. The van der Waals surface area contributed by atoms with Gasteiger partial charge in [-0.15, -0.1) is 0 Å². The number of halogens is 2. The Hall–Kier alpha value is -1.33. The lowest BCUT2D eigenvalue weighted by Gasteiger charge is -2.14. The van der Waals surface area contributed by atoms with Gasteiger partial charge in [0.2, 0.25) is 10.0 Å². The maximum absolute atomic E-state index is 11.4. The van der Waals surface area contributed by atoms with Gasteiger partial charge >= 0.3 is 0 Å². The summed E-state index contributed by atoms with van der Waals surface area (Å²) in [6.07, 6.45) is 0.936. The van der Waals surface area contributed by atoms with Crippen LogP contribution < -0.4 is 9.46 Å². The predicted octanol–water partition coefficient (Wildman–Crippen LogP) is 3.51. The maximum atomic E-state index is 11.4. The first-order valence-corrected chi connectivity index (χ1v) is 10.7. The Bertz CT molecular complexity index is 992. The summed E-state index contributed by atoms with van der Waals surface area (Å²) in [7, 11) is -8.12. The van der Waals surface area contributed by atoms with Crippen LogP contribution in [-0.2, 0) is 20.1 Å². The van der Waals surface area contributed by atoms with Crippen LogP contribution in [0.3, 0.4) is 0 Å². The zero-order valence-electron chi connectivity index (χ0n) is 12.0. The number of benzene rings is 2. The van der Waals surface area contributed by atoms with Gasteiger partial charge in [0.1, 0.15) is 5.75 Å². The fraction of sp³-hybridized carbons (Fsp3) is 0.0769. The van der Waals surface area contributed by atoms with Crippen LogP contribution in [0.5, 0.6) is 11.5 Å². The van der Waals surface area contributed by atoms with Crippen molar-refractivity contribution < 1.29 is 26.1 Å². The van der Waals surface area contributed by atoms with E-state index in [2.05, 4.69) is 20.7 Å². The molecule has 7 nitrogen and oxygen atoms in total. The standard InChI is InChI=1S/C13H11BrClNO6S2/c1-23(17,18)16-11-4-3-9(24(19,20)21)7-13(11)22-12-5-2-8(15)6-10(12)14/h2-7,16H,1H3,(H,19,20,21). The molecule has 0 atom stereocenters. The topological polar surface area (TPSA) is 110 Å². The summed E-state index contributed by atoms with van der Waals surface area (Å²) in [6.45, 7) is 0. The molecule has 0 aliphatic heterocycles. The molecule has 0 spiro atoms. The van der Waals surface area contributed by atoms with Gasteiger partial charge in [-0.05, 0) is 46.3 Å². The number of nitrogens with one attached hydrogen (secondary N) is 1. The zero-order chi connectivity index (χ0) is 18.1. The summed E-state index contributed by atoms with van der Waals surface area (Å²) < 4.78 is 62.8. The molecule has 2 N–H and O–H groups in total. The van der Waals surface area contributed by atoms with Crippen LogP contribution in [0.15, 0.2) is 45.8 Å². The van der Waals surface area contributed by atoms with Crippen molar-refractivity contribution in [3.05, 3.63) is 45.9 Å². The van der Waals surface area contributed by atoms with Crippen LogP contribution in [-0.4, -0.2) is 27.6 Å². The molecule has 0 aliphatic carbocycles. The van der Waals surface area contributed by atoms with E-state index in [9.17, 15) is 16.8 Å². The molecule has 0 unspecified atom stereocenters. The predicted molar refractivity (Wildman–Crippen MR) is 93.9 cm³/mol. The quantitative estimate of drug-likeness (QED) is 0.666. The molecule has 0 heterocycles. The number of hydrogen-bond donors (Lipinski definition) is 2. The average molecular weight is 457 g/mol. The molecule has 2 aromatic rings. The van der Waals surface area contributed by atoms with Crippen molar-refractivity contribution in [3.63, 3.8) is 0 Å². The van der Waals surface area contributed by atoms with Gasteiger partial charge < -0.3 is 4.74 Å². The highest BCUT2D eigenvalue weighted by Gasteiger charge is 2.17. The van der Waals surface area contributed by atoms with Gasteiger partial charge in [-0.2, -0.15) is 8.42 Å². The monoisotopic (exact) mass is 455 g/mol. The van der Waals surface area contributed by atoms with Crippen LogP contribution in [0, 0.1) is 0 Å². The number of ether oxygens (including phenoxy) is 1. The first-order valence-electron chi connectivity index (χ1n) is 6.18. The molecule has 0 fully saturated rings. The lowest BCUT2D eigenvalue weighted by Crippen LogP contribution is -2.11. The molecule has 2 aromatic carbocycles. The molecule has 0 aromatic heterocycles. The normalized spacial score (nSPS) is 12.0. The van der Waals surface area contributed by atoms with Gasteiger partial charge in [-0.3, -0.25) is 9.27 Å². The largest absolute Gasteiger partial charge is 0.454 e. The van der Waals surface area contributed by atoms with Gasteiger partial charge in [0.05, 0.1) is 21.3 Å². The van der Waals surface area contributed by atoms with Gasteiger partial charge in [-0.25, -0.2) is 8.42 Å². The van der Waals surface area contributed by atoms with Crippen molar-refractivity contribution in [1.29, 1.82) is 0 Å². The Morgan fingerprint density at radius 3 is 2.29 bits per heavy atom. The molecule has 0 saturated heterocycles. The Morgan fingerprint density at radius 2 is 1.75 bits per heavy atom. The first-order chi connectivity index (χ1) is 11.0. The fourth-order valence-corrected chi connectivity index (χ4v) is 3.54. The summed E-state index contributed by atoms with van der Waals surface area (Å²) in [5.41, 5.74) is 0.00625. The van der Waals surface area contributed by atoms with E-state index in [4.69, 9.17) is 20.9 Å². The van der Waals surface area contributed by atoms with E-state index in [-0.39, 0.29) is 17.2 Å². The van der Waals surface area contributed by atoms with Crippen LogP contribution >= 0.6 is 27.5 Å². The second kappa shape index (κ2) is 6.89. The highest BCUT2D eigenvalue weighted by atomic mass is 79.9. The van der Waals surface area contributed by atoms with Crippen LogP contribution in [0.25, 0.3) is 0 Å². The molecule has 24 heavy (non-hydrogen) atoms. The molecule has 0 bridgehead atoms. The number of hydrogen-bond acceptors (Lipinski definition) is 5. The van der Waals surface area contributed by atoms with E-state index in [1.54, 1.807) is 6.07 Å². The summed E-state index contributed by atoms with van der Waals surface area (Å²) >= 11 is 9.07. The van der Waals surface area contributed by atoms with Gasteiger partial charge in [-0.1, -0.05) is 11.6 Å². The van der Waals surface area contributed by atoms with Crippen molar-refractivity contribution in [2.24, 2.45) is 0 Å². The lowest BCUT2D eigenvalue weighted by molar-refractivity contribution is 0.471. The highest BCUT2D eigenvalue weighted by molar-refractivity contribution is 9.10. The van der Waals surface area contributed by atoms with E-state index in [1.165, 1.54) is 18.2 Å². The minimum Gasteiger partial charge on any atom is -0.454 e. The molecule has 0 amide bonds. The third-order valence-corrected chi connectivity index (χ3v) is 4.96. The van der Waals surface area contributed by atoms with Crippen molar-refractivity contribution in [2.75, 3.05) is 11.0 Å². The molecule has 0 saturated carbocycles. The van der Waals surface area contributed by atoms with Crippen LogP contribution in [0.4, 0.5) is 5.69 Å². The van der Waals surface area contributed by atoms with Crippen molar-refractivity contribution in [2.45, 2.75) is 4.90 Å². The van der Waals surface area contributed by atoms with E-state index in [0.717, 1.165) is 18.4 Å². The first kappa shape index (κ1) is 19.0. The Labute approximate surface area is 152 Å². The summed E-state index contributed by atoms with van der Waals surface area (Å²) in [5.74, 6) is 0.155. The molecular weight excluding hydrogens is 446 g/mol. The van der Waals surface area contributed by atoms with Crippen molar-refractivity contribution in [3.8, 4) is 11.5 Å². The molecule has 0 aliphatic rings. The Balaban J connectivity index is 2.54. The summed E-state index contributed by atoms with van der Waals surface area (Å²) in [4.78, 5) is -0.443. The van der Waals surface area contributed by atoms with Gasteiger partial charge in [0.25, 0.3) is 10.1 Å². The fourth-order valence-electron chi connectivity index (χ4n) is 1.71. The van der Waals surface area contributed by atoms with Crippen LogP contribution in [0.2, 0.25) is 5.02 Å². The lowest BCUT2D eigenvalue weighted by atomic mass is 10.3. The second-order valence-electron chi connectivity index (χ2n) is 4.68. The molecule has 2 rings (SSSR count). The van der Waals surface area contributed by atoms with E-state index >= 15 is 0 Å². The van der Waals surface area contributed by atoms with Crippen molar-refractivity contribution in [1.82, 2.24) is 0 Å². The zero-order valence-corrected chi connectivity index (χ0v) is 16.0. The van der Waals surface area contributed by atoms with Crippen LogP contribution in [0.1, 0.15) is 0 Å². The molecular formula is C13H11BrClNO6S2. The third-order valence-electron chi connectivity index (χ3n) is 2.66. The SMILES string of the molecule is CS(=O)(=O)Nc1ccc(S(=O)(=O)O)cc1Oc1ccc(Cl)cc1Br. The molecule has 0 radical (unpaired) electrons. The highest BCUT2D eigenvalue weighted by Crippen LogP contribution is 2.36. The summed E-state index contributed by atoms with van der Waals surface area (Å²) in [6, 6.07) is 7.82. The number of rotatable bonds is 5. The second-order valence-corrected chi connectivity index (χ2v) is 9.14. The average Bonchev–Trinajstić information content (AvgIpc) is 2.40. The van der Waals surface area contributed by atoms with Gasteiger partial charge in [0.15, 0.2) is 5.75 Å². The molecule has 130 valence electrons. The van der Waals surface area contributed by atoms with Crippen molar-refractivity contribution >= 4 is 53.4 Å².